The number of benzene rings is 1. The Labute approximate surface area is 114 Å². The van der Waals surface area contributed by atoms with E-state index in [1.54, 1.807) is 0 Å². The molecule has 1 atom stereocenters. The number of anilines is 1. The highest BCUT2D eigenvalue weighted by Gasteiger charge is 2.23. The summed E-state index contributed by atoms with van der Waals surface area (Å²) >= 11 is 6.35. The lowest BCUT2D eigenvalue weighted by Gasteiger charge is -2.20. The molecule has 18 heavy (non-hydrogen) atoms. The van der Waals surface area contributed by atoms with E-state index in [1.165, 1.54) is 5.56 Å². The van der Waals surface area contributed by atoms with Gasteiger partial charge in [0.15, 0.2) is 0 Å². The number of halogens is 1. The van der Waals surface area contributed by atoms with Gasteiger partial charge in [0.2, 0.25) is 0 Å². The molecule has 3 nitrogen and oxygen atoms in total. The van der Waals surface area contributed by atoms with Crippen LogP contribution in [0.3, 0.4) is 0 Å². The van der Waals surface area contributed by atoms with Crippen LogP contribution in [0.1, 0.15) is 18.4 Å². The number of hydrogen-bond acceptors (Lipinski definition) is 3. The van der Waals surface area contributed by atoms with E-state index in [-0.39, 0.29) is 6.61 Å². The van der Waals surface area contributed by atoms with Crippen LogP contribution in [-0.4, -0.2) is 31.9 Å². The molecule has 1 aromatic rings. The zero-order valence-corrected chi connectivity index (χ0v) is 11.6. The monoisotopic (exact) mass is 268 g/mol. The topological polar surface area (TPSA) is 35.5 Å². The summed E-state index contributed by atoms with van der Waals surface area (Å²) in [5.41, 5.74) is 2.33. The van der Waals surface area contributed by atoms with Crippen LogP contribution in [0.4, 0.5) is 5.69 Å². The molecule has 100 valence electrons. The van der Waals surface area contributed by atoms with Crippen molar-refractivity contribution < 1.29 is 5.11 Å². The third-order valence-corrected chi connectivity index (χ3v) is 3.86. The lowest BCUT2D eigenvalue weighted by molar-refractivity contribution is 0.263. The van der Waals surface area contributed by atoms with Gasteiger partial charge in [0.25, 0.3) is 0 Å². The van der Waals surface area contributed by atoms with Crippen molar-refractivity contribution in [3.8, 4) is 0 Å². The van der Waals surface area contributed by atoms with Crippen molar-refractivity contribution in [2.75, 3.05) is 31.6 Å². The number of nitrogens with zero attached hydrogens (tertiary/aromatic N) is 1. The molecule has 1 unspecified atom stereocenters. The molecule has 0 aromatic heterocycles. The standard InChI is InChI=1S/C14H21ClN2O/c1-16-9-12-2-3-14(13(15)8-12)17-6-4-11(10-17)5-7-18/h2-3,8,11,16,18H,4-7,9-10H2,1H3. The highest BCUT2D eigenvalue weighted by molar-refractivity contribution is 6.33. The first-order valence-corrected chi connectivity index (χ1v) is 6.91. The Morgan fingerprint density at radius 1 is 1.50 bits per heavy atom. The predicted octanol–water partition coefficient (Wildman–Crippen LogP) is 2.27. The van der Waals surface area contributed by atoms with Gasteiger partial charge in [-0.2, -0.15) is 0 Å². The Balaban J connectivity index is 2.05. The molecule has 1 saturated heterocycles. The summed E-state index contributed by atoms with van der Waals surface area (Å²) in [6.45, 7) is 3.17. The van der Waals surface area contributed by atoms with E-state index < -0.39 is 0 Å². The van der Waals surface area contributed by atoms with Crippen molar-refractivity contribution in [1.29, 1.82) is 0 Å². The third-order valence-electron chi connectivity index (χ3n) is 3.56. The lowest BCUT2D eigenvalue weighted by Crippen LogP contribution is -2.20. The minimum Gasteiger partial charge on any atom is -0.396 e. The van der Waals surface area contributed by atoms with Crippen molar-refractivity contribution in [2.45, 2.75) is 19.4 Å². The Bertz CT molecular complexity index is 397. The molecule has 0 aliphatic carbocycles. The lowest BCUT2D eigenvalue weighted by atomic mass is 10.1. The molecule has 1 aliphatic heterocycles. The minimum absolute atomic E-state index is 0.285. The van der Waals surface area contributed by atoms with Gasteiger partial charge in [0.05, 0.1) is 10.7 Å². The van der Waals surface area contributed by atoms with E-state index in [1.807, 2.05) is 13.1 Å². The van der Waals surface area contributed by atoms with Gasteiger partial charge in [-0.3, -0.25) is 0 Å². The number of hydrogen-bond donors (Lipinski definition) is 2. The maximum absolute atomic E-state index is 8.98. The van der Waals surface area contributed by atoms with Crippen molar-refractivity contribution in [1.82, 2.24) is 5.32 Å². The molecular formula is C14H21ClN2O. The average Bonchev–Trinajstić information content (AvgIpc) is 2.78. The van der Waals surface area contributed by atoms with Crippen molar-refractivity contribution in [3.63, 3.8) is 0 Å². The van der Waals surface area contributed by atoms with Gasteiger partial charge in [-0.25, -0.2) is 0 Å². The molecule has 2 N–H and O–H groups in total. The van der Waals surface area contributed by atoms with E-state index in [0.717, 1.165) is 43.2 Å². The number of nitrogens with one attached hydrogen (secondary N) is 1. The van der Waals surface area contributed by atoms with Gasteiger partial charge in [0.1, 0.15) is 0 Å². The van der Waals surface area contributed by atoms with Gasteiger partial charge in [-0.1, -0.05) is 17.7 Å². The highest BCUT2D eigenvalue weighted by atomic mass is 35.5. The van der Waals surface area contributed by atoms with Crippen molar-refractivity contribution >= 4 is 17.3 Å². The van der Waals surface area contributed by atoms with Gasteiger partial charge in [-0.15, -0.1) is 0 Å². The zero-order valence-electron chi connectivity index (χ0n) is 10.8. The summed E-state index contributed by atoms with van der Waals surface area (Å²) in [6, 6.07) is 6.26. The fourth-order valence-corrected chi connectivity index (χ4v) is 2.91. The molecule has 1 heterocycles. The van der Waals surface area contributed by atoms with E-state index in [2.05, 4.69) is 22.3 Å². The van der Waals surface area contributed by atoms with Crippen LogP contribution < -0.4 is 10.2 Å². The molecule has 1 aliphatic rings. The van der Waals surface area contributed by atoms with Gasteiger partial charge >= 0.3 is 0 Å². The summed E-state index contributed by atoms with van der Waals surface area (Å²) in [4.78, 5) is 2.33. The maximum atomic E-state index is 8.98. The van der Waals surface area contributed by atoms with Crippen LogP contribution in [0.2, 0.25) is 5.02 Å². The first kappa shape index (κ1) is 13.7. The van der Waals surface area contributed by atoms with Gasteiger partial charge in [0, 0.05) is 26.2 Å². The number of aliphatic hydroxyl groups excluding tert-OH is 1. The molecule has 0 radical (unpaired) electrons. The highest BCUT2D eigenvalue weighted by Crippen LogP contribution is 2.32. The molecule has 0 amide bonds. The Morgan fingerprint density at radius 2 is 2.33 bits per heavy atom. The van der Waals surface area contributed by atoms with Crippen LogP contribution in [0.5, 0.6) is 0 Å². The first-order valence-electron chi connectivity index (χ1n) is 6.53. The molecule has 1 aromatic carbocycles. The van der Waals surface area contributed by atoms with Crippen LogP contribution in [-0.2, 0) is 6.54 Å². The normalized spacial score (nSPS) is 19.5. The molecule has 1 fully saturated rings. The van der Waals surface area contributed by atoms with E-state index in [9.17, 15) is 0 Å². The van der Waals surface area contributed by atoms with Gasteiger partial charge in [-0.05, 0) is 43.5 Å². The zero-order chi connectivity index (χ0) is 13.0. The largest absolute Gasteiger partial charge is 0.396 e. The third kappa shape index (κ3) is 3.16. The van der Waals surface area contributed by atoms with E-state index in [0.29, 0.717) is 5.92 Å². The molecule has 4 heteroatoms. The van der Waals surface area contributed by atoms with E-state index in [4.69, 9.17) is 16.7 Å². The Kier molecular flexibility index (Phi) is 4.87. The fourth-order valence-electron chi connectivity index (χ4n) is 2.59. The average molecular weight is 269 g/mol. The molecule has 0 spiro atoms. The first-order chi connectivity index (χ1) is 8.74. The van der Waals surface area contributed by atoms with Crippen LogP contribution in [0.15, 0.2) is 18.2 Å². The second kappa shape index (κ2) is 6.41. The summed E-state index contributed by atoms with van der Waals surface area (Å²) in [7, 11) is 1.93. The number of rotatable bonds is 5. The molecule has 0 bridgehead atoms. The Morgan fingerprint density at radius 3 is 3.00 bits per heavy atom. The fraction of sp³-hybridized carbons (Fsp3) is 0.571. The van der Waals surface area contributed by atoms with Gasteiger partial charge < -0.3 is 15.3 Å². The minimum atomic E-state index is 0.285. The summed E-state index contributed by atoms with van der Waals surface area (Å²) in [5, 5.41) is 12.9. The van der Waals surface area contributed by atoms with Crippen molar-refractivity contribution in [2.24, 2.45) is 5.92 Å². The molecular weight excluding hydrogens is 248 g/mol. The SMILES string of the molecule is CNCc1ccc(N2CCC(CCO)C2)c(Cl)c1. The second-order valence-electron chi connectivity index (χ2n) is 4.93. The molecule has 2 rings (SSSR count). The number of aliphatic hydroxyl groups is 1. The quantitative estimate of drug-likeness (QED) is 0.860. The van der Waals surface area contributed by atoms with Crippen LogP contribution >= 0.6 is 11.6 Å². The summed E-state index contributed by atoms with van der Waals surface area (Å²) in [5.74, 6) is 0.600. The summed E-state index contributed by atoms with van der Waals surface area (Å²) in [6.07, 6.45) is 2.04. The summed E-state index contributed by atoms with van der Waals surface area (Å²) < 4.78 is 0. The predicted molar refractivity (Wildman–Crippen MR) is 76.2 cm³/mol. The van der Waals surface area contributed by atoms with Crippen molar-refractivity contribution in [3.05, 3.63) is 28.8 Å². The van der Waals surface area contributed by atoms with Crippen LogP contribution in [0.25, 0.3) is 0 Å². The molecule has 0 saturated carbocycles. The van der Waals surface area contributed by atoms with E-state index >= 15 is 0 Å². The van der Waals surface area contributed by atoms with Crippen LogP contribution in [0, 0.1) is 5.92 Å². The maximum Gasteiger partial charge on any atom is 0.0642 e. The smallest absolute Gasteiger partial charge is 0.0642 e. The Hall–Kier alpha value is -0.770. The second-order valence-corrected chi connectivity index (χ2v) is 5.34.